The molecule has 0 bridgehead atoms. The fraction of sp³-hybridized carbons (Fsp3) is 0.0526. The fourth-order valence-electron chi connectivity index (χ4n) is 3.10. The molecule has 8 heteroatoms. The van der Waals surface area contributed by atoms with E-state index in [1.54, 1.807) is 36.8 Å². The van der Waals surface area contributed by atoms with E-state index in [1.807, 2.05) is 12.1 Å². The quantitative estimate of drug-likeness (QED) is 0.516. The Balaban J connectivity index is 1.64. The van der Waals surface area contributed by atoms with E-state index in [1.165, 1.54) is 16.8 Å². The molecule has 4 heterocycles. The number of aliphatic hydroxyl groups excluding tert-OH is 1. The van der Waals surface area contributed by atoms with Crippen LogP contribution in [0.3, 0.4) is 0 Å². The smallest absolute Gasteiger partial charge is 0.153 e. The summed E-state index contributed by atoms with van der Waals surface area (Å²) in [5, 5.41) is 22.8. The Morgan fingerprint density at radius 3 is 2.89 bits per heavy atom. The third-order valence-electron chi connectivity index (χ3n) is 4.48. The van der Waals surface area contributed by atoms with Gasteiger partial charge in [-0.2, -0.15) is 10.2 Å². The number of aromatic amines is 1. The molecule has 5 aromatic rings. The fourth-order valence-corrected chi connectivity index (χ4v) is 3.10. The summed E-state index contributed by atoms with van der Waals surface area (Å²) in [6.45, 7) is 0. The van der Waals surface area contributed by atoms with Crippen molar-refractivity contribution >= 4 is 16.6 Å². The van der Waals surface area contributed by atoms with Gasteiger partial charge >= 0.3 is 0 Å². The molecule has 0 aliphatic carbocycles. The van der Waals surface area contributed by atoms with Crippen LogP contribution in [-0.2, 0) is 0 Å². The van der Waals surface area contributed by atoms with Gasteiger partial charge in [0.1, 0.15) is 11.9 Å². The van der Waals surface area contributed by atoms with E-state index < -0.39 is 11.9 Å². The maximum atomic E-state index is 14.6. The zero-order valence-corrected chi connectivity index (χ0v) is 13.9. The minimum atomic E-state index is -1.23. The van der Waals surface area contributed by atoms with Gasteiger partial charge in [-0.1, -0.05) is 6.07 Å². The van der Waals surface area contributed by atoms with Crippen molar-refractivity contribution in [1.82, 2.24) is 29.8 Å². The second kappa shape index (κ2) is 5.96. The van der Waals surface area contributed by atoms with Crippen molar-refractivity contribution in [2.24, 2.45) is 0 Å². The summed E-state index contributed by atoms with van der Waals surface area (Å²) < 4.78 is 16.1. The summed E-state index contributed by atoms with van der Waals surface area (Å²) in [7, 11) is 0. The van der Waals surface area contributed by atoms with E-state index in [2.05, 4.69) is 25.3 Å². The number of aromatic nitrogens is 6. The van der Waals surface area contributed by atoms with E-state index in [-0.39, 0.29) is 5.56 Å². The first-order valence-electron chi connectivity index (χ1n) is 8.27. The summed E-state index contributed by atoms with van der Waals surface area (Å²) in [5.41, 5.74) is 3.06. The van der Waals surface area contributed by atoms with Gasteiger partial charge in [0.25, 0.3) is 0 Å². The summed E-state index contributed by atoms with van der Waals surface area (Å²) in [6.07, 6.45) is 5.24. The number of hydrogen-bond donors (Lipinski definition) is 2. The van der Waals surface area contributed by atoms with Crippen LogP contribution in [0.25, 0.3) is 27.8 Å². The Kier molecular flexibility index (Phi) is 3.44. The third kappa shape index (κ3) is 2.54. The van der Waals surface area contributed by atoms with Crippen LogP contribution in [0, 0.1) is 5.82 Å². The number of nitrogens with zero attached hydrogens (tertiary/aromatic N) is 5. The monoisotopic (exact) mass is 360 g/mol. The molecule has 27 heavy (non-hydrogen) atoms. The van der Waals surface area contributed by atoms with Crippen LogP contribution in [-0.4, -0.2) is 34.9 Å². The molecule has 1 unspecified atom stereocenters. The first-order valence-corrected chi connectivity index (χ1v) is 8.27. The first kappa shape index (κ1) is 15.6. The number of fused-ring (bicyclic) bond motifs is 2. The standard InChI is InChI=1S/C19H13FN6O/c20-14-7-16-11(2-1-5-21-16)6-13(14)19(27)17-10-22-18-4-3-15(25-26(17)18)12-8-23-24-9-12/h1-10,19,27H,(H,23,24). The summed E-state index contributed by atoms with van der Waals surface area (Å²) in [5.74, 6) is -0.533. The Morgan fingerprint density at radius 1 is 1.11 bits per heavy atom. The van der Waals surface area contributed by atoms with Crippen molar-refractivity contribution in [3.05, 3.63) is 78.3 Å². The minimum absolute atomic E-state index is 0.146. The molecular formula is C19H13FN6O. The summed E-state index contributed by atoms with van der Waals surface area (Å²) >= 11 is 0. The second-order valence-electron chi connectivity index (χ2n) is 6.13. The Bertz CT molecular complexity index is 1260. The van der Waals surface area contributed by atoms with Gasteiger partial charge in [0.15, 0.2) is 5.65 Å². The molecule has 0 saturated heterocycles. The molecule has 0 amide bonds. The van der Waals surface area contributed by atoms with Crippen LogP contribution in [0.2, 0.25) is 0 Å². The maximum Gasteiger partial charge on any atom is 0.153 e. The van der Waals surface area contributed by atoms with Gasteiger partial charge < -0.3 is 5.11 Å². The number of H-pyrrole nitrogens is 1. The molecule has 1 atom stereocenters. The van der Waals surface area contributed by atoms with Crippen molar-refractivity contribution in [2.75, 3.05) is 0 Å². The van der Waals surface area contributed by atoms with Gasteiger partial charge in [-0.05, 0) is 24.3 Å². The maximum absolute atomic E-state index is 14.6. The van der Waals surface area contributed by atoms with Crippen molar-refractivity contribution < 1.29 is 9.50 Å². The van der Waals surface area contributed by atoms with Crippen LogP contribution in [0.1, 0.15) is 17.4 Å². The van der Waals surface area contributed by atoms with Crippen LogP contribution < -0.4 is 0 Å². The number of rotatable bonds is 3. The Hall–Kier alpha value is -3.65. The molecule has 0 fully saturated rings. The lowest BCUT2D eigenvalue weighted by Crippen LogP contribution is -2.08. The highest BCUT2D eigenvalue weighted by Crippen LogP contribution is 2.28. The highest BCUT2D eigenvalue weighted by molar-refractivity contribution is 5.79. The van der Waals surface area contributed by atoms with Gasteiger partial charge in [-0.15, -0.1) is 0 Å². The zero-order valence-electron chi connectivity index (χ0n) is 13.9. The van der Waals surface area contributed by atoms with Gasteiger partial charge in [-0.3, -0.25) is 10.1 Å². The van der Waals surface area contributed by atoms with Crippen LogP contribution >= 0.6 is 0 Å². The van der Waals surface area contributed by atoms with E-state index in [0.717, 1.165) is 10.9 Å². The first-order chi connectivity index (χ1) is 13.2. The molecule has 0 saturated carbocycles. The minimum Gasteiger partial charge on any atom is -0.382 e. The number of nitrogens with one attached hydrogen (secondary N) is 1. The summed E-state index contributed by atoms with van der Waals surface area (Å²) in [4.78, 5) is 8.40. The topological polar surface area (TPSA) is 92.0 Å². The van der Waals surface area contributed by atoms with Crippen molar-refractivity contribution in [2.45, 2.75) is 6.10 Å². The number of pyridine rings is 1. The highest BCUT2D eigenvalue weighted by Gasteiger charge is 2.21. The molecule has 0 aliphatic rings. The molecule has 132 valence electrons. The molecule has 0 spiro atoms. The normalized spacial score (nSPS) is 12.7. The van der Waals surface area contributed by atoms with Gasteiger partial charge in [0, 0.05) is 35.0 Å². The van der Waals surface area contributed by atoms with Crippen molar-refractivity contribution in [1.29, 1.82) is 0 Å². The lowest BCUT2D eigenvalue weighted by atomic mass is 10.0. The number of halogens is 1. The Labute approximate surface area is 152 Å². The van der Waals surface area contributed by atoms with Crippen molar-refractivity contribution in [3.8, 4) is 11.3 Å². The predicted octanol–water partition coefficient (Wildman–Crippen LogP) is 2.89. The van der Waals surface area contributed by atoms with Crippen LogP contribution in [0.4, 0.5) is 4.39 Å². The molecule has 0 radical (unpaired) electrons. The van der Waals surface area contributed by atoms with E-state index in [0.29, 0.717) is 22.6 Å². The summed E-state index contributed by atoms with van der Waals surface area (Å²) in [6, 6.07) is 10.1. The van der Waals surface area contributed by atoms with E-state index >= 15 is 0 Å². The lowest BCUT2D eigenvalue weighted by Gasteiger charge is -2.12. The molecule has 0 aliphatic heterocycles. The Morgan fingerprint density at radius 2 is 2.04 bits per heavy atom. The molecule has 5 rings (SSSR count). The number of hydrogen-bond acceptors (Lipinski definition) is 5. The van der Waals surface area contributed by atoms with Crippen molar-refractivity contribution in [3.63, 3.8) is 0 Å². The van der Waals surface area contributed by atoms with E-state index in [9.17, 15) is 9.50 Å². The molecule has 1 aromatic carbocycles. The highest BCUT2D eigenvalue weighted by atomic mass is 19.1. The van der Waals surface area contributed by atoms with E-state index in [4.69, 9.17) is 0 Å². The number of aliphatic hydroxyl groups is 1. The average Bonchev–Trinajstić information content (AvgIpc) is 3.36. The lowest BCUT2D eigenvalue weighted by molar-refractivity contribution is 0.208. The molecule has 4 aromatic heterocycles. The largest absolute Gasteiger partial charge is 0.382 e. The van der Waals surface area contributed by atoms with Gasteiger partial charge in [0.2, 0.25) is 0 Å². The van der Waals surface area contributed by atoms with Gasteiger partial charge in [0.05, 0.1) is 29.3 Å². The molecular weight excluding hydrogens is 347 g/mol. The zero-order chi connectivity index (χ0) is 18.4. The van der Waals surface area contributed by atoms with Crippen LogP contribution in [0.5, 0.6) is 0 Å². The predicted molar refractivity (Wildman–Crippen MR) is 96.3 cm³/mol. The molecule has 2 N–H and O–H groups in total. The average molecular weight is 360 g/mol. The molecule has 7 nitrogen and oxygen atoms in total. The van der Waals surface area contributed by atoms with Crippen LogP contribution in [0.15, 0.2) is 61.2 Å². The number of benzene rings is 1. The number of imidazole rings is 1. The second-order valence-corrected chi connectivity index (χ2v) is 6.13. The SMILES string of the molecule is OC(c1cc2cccnc2cc1F)c1cnc2ccc(-c3cn[nH]c3)nn12. The third-order valence-corrected chi connectivity index (χ3v) is 4.48. The van der Waals surface area contributed by atoms with Gasteiger partial charge in [-0.25, -0.2) is 13.9 Å².